The third-order valence-electron chi connectivity index (χ3n) is 2.94. The summed E-state index contributed by atoms with van der Waals surface area (Å²) in [5, 5.41) is 5.53. The van der Waals surface area contributed by atoms with E-state index in [0.717, 1.165) is 28.0 Å². The zero-order chi connectivity index (χ0) is 14.5. The number of nitrogens with zero attached hydrogens (tertiary/aromatic N) is 3. The van der Waals surface area contributed by atoms with Crippen LogP contribution in [0.1, 0.15) is 0 Å². The molecule has 0 aliphatic carbocycles. The van der Waals surface area contributed by atoms with Crippen LogP contribution in [0.5, 0.6) is 0 Å². The normalized spacial score (nSPS) is 10.5. The molecule has 3 nitrogen and oxygen atoms in total. The second kappa shape index (κ2) is 6.41. The fourth-order valence-electron chi connectivity index (χ4n) is 1.97. The topological polar surface area (TPSA) is 30.7 Å². The summed E-state index contributed by atoms with van der Waals surface area (Å²) in [4.78, 5) is 4.66. The highest BCUT2D eigenvalue weighted by molar-refractivity contribution is 7.99. The third-order valence-corrected chi connectivity index (χ3v) is 3.87. The molecule has 104 valence electrons. The lowest BCUT2D eigenvalue weighted by Crippen LogP contribution is -1.98. The number of para-hydroxylation sites is 1. The number of aromatic nitrogens is 3. The molecule has 0 aliphatic heterocycles. The Morgan fingerprint density at radius 1 is 1.00 bits per heavy atom. The zero-order valence-corrected chi connectivity index (χ0v) is 12.3. The van der Waals surface area contributed by atoms with Gasteiger partial charge in [-0.05, 0) is 12.1 Å². The highest BCUT2D eigenvalue weighted by Gasteiger charge is 2.12. The summed E-state index contributed by atoms with van der Waals surface area (Å²) < 4.78 is 1.89. The van der Waals surface area contributed by atoms with E-state index in [9.17, 15) is 0 Å². The predicted octanol–water partition coefficient (Wildman–Crippen LogP) is 4.21. The molecule has 0 fully saturated rings. The van der Waals surface area contributed by atoms with E-state index in [0.29, 0.717) is 0 Å². The molecule has 0 unspecified atom stereocenters. The van der Waals surface area contributed by atoms with E-state index in [1.54, 1.807) is 11.8 Å². The van der Waals surface area contributed by atoms with Gasteiger partial charge >= 0.3 is 0 Å². The van der Waals surface area contributed by atoms with Gasteiger partial charge in [-0.1, -0.05) is 66.4 Å². The highest BCUT2D eigenvalue weighted by Crippen LogP contribution is 2.24. The molecule has 4 heteroatoms. The number of benzene rings is 2. The van der Waals surface area contributed by atoms with Crippen LogP contribution in [0.4, 0.5) is 0 Å². The van der Waals surface area contributed by atoms with E-state index in [4.69, 9.17) is 0 Å². The minimum Gasteiger partial charge on any atom is -0.207 e. The summed E-state index contributed by atoms with van der Waals surface area (Å²) in [6.45, 7) is 3.76. The molecule has 1 heterocycles. The number of hydrogen-bond acceptors (Lipinski definition) is 3. The van der Waals surface area contributed by atoms with Crippen molar-refractivity contribution in [3.63, 3.8) is 0 Å². The van der Waals surface area contributed by atoms with Crippen LogP contribution in [0.15, 0.2) is 78.5 Å². The molecule has 0 radical (unpaired) electrons. The lowest BCUT2D eigenvalue weighted by atomic mass is 10.2. The molecule has 0 atom stereocenters. The fraction of sp³-hybridized carbons (Fsp3) is 0.0588. The van der Waals surface area contributed by atoms with Crippen LogP contribution in [0.25, 0.3) is 17.1 Å². The van der Waals surface area contributed by atoms with E-state index in [2.05, 4.69) is 16.7 Å². The predicted molar refractivity (Wildman–Crippen MR) is 87.7 cm³/mol. The van der Waals surface area contributed by atoms with E-state index in [1.165, 1.54) is 0 Å². The SMILES string of the molecule is C=CCSc1nc(-c2ccccc2)nn1-c1ccccc1. The summed E-state index contributed by atoms with van der Waals surface area (Å²) in [7, 11) is 0. The van der Waals surface area contributed by atoms with Crippen molar-refractivity contribution in [3.8, 4) is 17.1 Å². The van der Waals surface area contributed by atoms with Crippen molar-refractivity contribution >= 4 is 11.8 Å². The standard InChI is InChI=1S/C17H15N3S/c1-2-13-21-17-18-16(14-9-5-3-6-10-14)19-20(17)15-11-7-4-8-12-15/h2-12H,1,13H2. The van der Waals surface area contributed by atoms with Gasteiger partial charge < -0.3 is 0 Å². The Hall–Kier alpha value is -2.33. The van der Waals surface area contributed by atoms with Gasteiger partial charge in [-0.3, -0.25) is 0 Å². The Morgan fingerprint density at radius 2 is 1.67 bits per heavy atom. The second-order valence-electron chi connectivity index (χ2n) is 4.43. The minimum absolute atomic E-state index is 0.742. The van der Waals surface area contributed by atoms with E-state index in [-0.39, 0.29) is 0 Å². The quantitative estimate of drug-likeness (QED) is 0.521. The van der Waals surface area contributed by atoms with Crippen LogP contribution in [-0.4, -0.2) is 20.5 Å². The summed E-state index contributed by atoms with van der Waals surface area (Å²) in [5.41, 5.74) is 2.03. The minimum atomic E-state index is 0.742. The number of hydrogen-bond donors (Lipinski definition) is 0. The molecule has 2 aromatic carbocycles. The molecule has 3 rings (SSSR count). The van der Waals surface area contributed by atoms with Gasteiger partial charge in [0.1, 0.15) is 0 Å². The van der Waals surface area contributed by atoms with Gasteiger partial charge in [-0.15, -0.1) is 11.7 Å². The summed E-state index contributed by atoms with van der Waals surface area (Å²) in [5.74, 6) is 1.55. The van der Waals surface area contributed by atoms with Gasteiger partial charge in [-0.25, -0.2) is 9.67 Å². The Kier molecular flexibility index (Phi) is 4.17. The van der Waals surface area contributed by atoms with Gasteiger partial charge in [0.25, 0.3) is 0 Å². The van der Waals surface area contributed by atoms with E-state index < -0.39 is 0 Å². The molecule has 0 bridgehead atoms. The first-order valence-electron chi connectivity index (χ1n) is 6.70. The molecule has 0 saturated carbocycles. The van der Waals surface area contributed by atoms with Gasteiger partial charge in [0.2, 0.25) is 0 Å². The van der Waals surface area contributed by atoms with Crippen molar-refractivity contribution in [2.75, 3.05) is 5.75 Å². The molecule has 0 spiro atoms. The van der Waals surface area contributed by atoms with Crippen molar-refractivity contribution < 1.29 is 0 Å². The Labute approximate surface area is 128 Å². The van der Waals surface area contributed by atoms with Crippen LogP contribution in [0.2, 0.25) is 0 Å². The van der Waals surface area contributed by atoms with Crippen molar-refractivity contribution in [2.24, 2.45) is 0 Å². The van der Waals surface area contributed by atoms with Crippen molar-refractivity contribution in [1.82, 2.24) is 14.8 Å². The average Bonchev–Trinajstić information content (AvgIpc) is 2.99. The molecule has 0 N–H and O–H groups in total. The summed E-state index contributed by atoms with van der Waals surface area (Å²) in [6, 6.07) is 20.1. The maximum absolute atomic E-state index is 4.66. The highest BCUT2D eigenvalue weighted by atomic mass is 32.2. The van der Waals surface area contributed by atoms with Crippen molar-refractivity contribution in [3.05, 3.63) is 73.3 Å². The lowest BCUT2D eigenvalue weighted by molar-refractivity contribution is 0.787. The summed E-state index contributed by atoms with van der Waals surface area (Å²) in [6.07, 6.45) is 1.87. The van der Waals surface area contributed by atoms with E-state index in [1.807, 2.05) is 71.4 Å². The molecule has 21 heavy (non-hydrogen) atoms. The largest absolute Gasteiger partial charge is 0.207 e. The molecule has 0 aliphatic rings. The molecule has 3 aromatic rings. The summed E-state index contributed by atoms with van der Waals surface area (Å²) >= 11 is 1.63. The first-order valence-corrected chi connectivity index (χ1v) is 7.68. The number of rotatable bonds is 5. The Morgan fingerprint density at radius 3 is 2.33 bits per heavy atom. The van der Waals surface area contributed by atoms with Gasteiger partial charge in [0, 0.05) is 11.3 Å². The van der Waals surface area contributed by atoms with Crippen LogP contribution >= 0.6 is 11.8 Å². The Balaban J connectivity index is 2.05. The smallest absolute Gasteiger partial charge is 0.191 e. The maximum atomic E-state index is 4.66. The van der Waals surface area contributed by atoms with Gasteiger partial charge in [0.15, 0.2) is 11.0 Å². The van der Waals surface area contributed by atoms with E-state index >= 15 is 0 Å². The van der Waals surface area contributed by atoms with Crippen LogP contribution < -0.4 is 0 Å². The molecular formula is C17H15N3S. The molecule has 0 amide bonds. The fourth-order valence-corrected chi connectivity index (χ4v) is 2.66. The van der Waals surface area contributed by atoms with Crippen molar-refractivity contribution in [2.45, 2.75) is 5.16 Å². The molecule has 1 aromatic heterocycles. The Bertz CT molecular complexity index is 720. The van der Waals surface area contributed by atoms with Crippen LogP contribution in [-0.2, 0) is 0 Å². The second-order valence-corrected chi connectivity index (χ2v) is 5.42. The van der Waals surface area contributed by atoms with Gasteiger partial charge in [0.05, 0.1) is 5.69 Å². The maximum Gasteiger partial charge on any atom is 0.191 e. The average molecular weight is 293 g/mol. The first kappa shape index (κ1) is 13.6. The van der Waals surface area contributed by atoms with Gasteiger partial charge in [-0.2, -0.15) is 0 Å². The number of thioether (sulfide) groups is 1. The van der Waals surface area contributed by atoms with Crippen LogP contribution in [0.3, 0.4) is 0 Å². The third kappa shape index (κ3) is 3.06. The molecule has 0 saturated heterocycles. The van der Waals surface area contributed by atoms with Crippen LogP contribution in [0, 0.1) is 0 Å². The monoisotopic (exact) mass is 293 g/mol. The lowest BCUT2D eigenvalue weighted by Gasteiger charge is -2.03. The first-order chi connectivity index (χ1) is 10.4. The molecular weight excluding hydrogens is 278 g/mol. The van der Waals surface area contributed by atoms with Crippen molar-refractivity contribution in [1.29, 1.82) is 0 Å². The zero-order valence-electron chi connectivity index (χ0n) is 11.5.